The highest BCUT2D eigenvalue weighted by molar-refractivity contribution is 5.45. The predicted molar refractivity (Wildman–Crippen MR) is 96.2 cm³/mol. The molecule has 4 rings (SSSR count). The largest absolute Gasteiger partial charge is 0.489 e. The first-order valence-electron chi connectivity index (χ1n) is 10.5. The van der Waals surface area contributed by atoms with E-state index in [0.29, 0.717) is 17.9 Å². The molecule has 5 heteroatoms. The molecule has 0 amide bonds. The van der Waals surface area contributed by atoms with Gasteiger partial charge in [0.05, 0.1) is 0 Å². The standard InChI is InChI=1S/C22H28F4O/c23-18-12-10-17-11-13-19(27-21(17)20(18)22(24,25)26)16-8-6-15(7-9-16)14-4-2-1-3-5-14/h10,12,14-16,19H,1-9,11,13H2. The van der Waals surface area contributed by atoms with Crippen molar-refractivity contribution in [2.24, 2.45) is 17.8 Å². The Hall–Kier alpha value is -1.26. The van der Waals surface area contributed by atoms with Crippen LogP contribution < -0.4 is 4.74 Å². The monoisotopic (exact) mass is 384 g/mol. The quantitative estimate of drug-likeness (QED) is 0.503. The molecule has 1 aromatic carbocycles. The molecule has 0 aromatic heterocycles. The SMILES string of the molecule is Fc1ccc2c(c1C(F)(F)F)OC(C1CCC(C3CCCCC3)CC1)CC2. The van der Waals surface area contributed by atoms with Crippen molar-refractivity contribution < 1.29 is 22.3 Å². The highest BCUT2D eigenvalue weighted by atomic mass is 19.4. The minimum atomic E-state index is -4.73. The van der Waals surface area contributed by atoms with E-state index in [4.69, 9.17) is 4.74 Å². The molecule has 1 unspecified atom stereocenters. The molecule has 150 valence electrons. The van der Waals surface area contributed by atoms with E-state index in [1.807, 2.05) is 0 Å². The number of benzene rings is 1. The van der Waals surface area contributed by atoms with Gasteiger partial charge in [0.1, 0.15) is 23.2 Å². The number of alkyl halides is 3. The summed E-state index contributed by atoms with van der Waals surface area (Å²) >= 11 is 0. The van der Waals surface area contributed by atoms with Crippen LogP contribution in [0.3, 0.4) is 0 Å². The molecule has 2 saturated carbocycles. The first-order valence-corrected chi connectivity index (χ1v) is 10.5. The maximum atomic E-state index is 13.9. The Morgan fingerprint density at radius 3 is 2.07 bits per heavy atom. The third kappa shape index (κ3) is 3.97. The summed E-state index contributed by atoms with van der Waals surface area (Å²) < 4.78 is 59.8. The topological polar surface area (TPSA) is 9.23 Å². The van der Waals surface area contributed by atoms with Crippen molar-refractivity contribution in [1.82, 2.24) is 0 Å². The fraction of sp³-hybridized carbons (Fsp3) is 0.727. The van der Waals surface area contributed by atoms with Gasteiger partial charge in [-0.05, 0) is 67.9 Å². The van der Waals surface area contributed by atoms with Crippen LogP contribution >= 0.6 is 0 Å². The minimum Gasteiger partial charge on any atom is -0.489 e. The van der Waals surface area contributed by atoms with Crippen molar-refractivity contribution in [3.8, 4) is 5.75 Å². The van der Waals surface area contributed by atoms with Crippen molar-refractivity contribution in [3.05, 3.63) is 29.1 Å². The Morgan fingerprint density at radius 1 is 0.778 bits per heavy atom. The van der Waals surface area contributed by atoms with E-state index in [1.54, 1.807) is 0 Å². The minimum absolute atomic E-state index is 0.215. The Labute approximate surface area is 158 Å². The Balaban J connectivity index is 1.44. The number of fused-ring (bicyclic) bond motifs is 1. The molecule has 2 fully saturated rings. The van der Waals surface area contributed by atoms with Gasteiger partial charge in [0, 0.05) is 0 Å². The number of ether oxygens (including phenoxy) is 1. The summed E-state index contributed by atoms with van der Waals surface area (Å²) in [5.74, 6) is 0.428. The van der Waals surface area contributed by atoms with Crippen LogP contribution in [0.5, 0.6) is 5.75 Å². The van der Waals surface area contributed by atoms with E-state index in [-0.39, 0.29) is 11.9 Å². The van der Waals surface area contributed by atoms with Crippen LogP contribution in [0.25, 0.3) is 0 Å². The molecule has 1 heterocycles. The fourth-order valence-electron chi connectivity index (χ4n) is 5.63. The van der Waals surface area contributed by atoms with Gasteiger partial charge in [-0.1, -0.05) is 38.2 Å². The van der Waals surface area contributed by atoms with Gasteiger partial charge in [-0.25, -0.2) is 4.39 Å². The third-order valence-corrected chi connectivity index (χ3v) is 7.10. The lowest BCUT2D eigenvalue weighted by Crippen LogP contribution is -2.35. The van der Waals surface area contributed by atoms with E-state index in [0.717, 1.165) is 50.0 Å². The second kappa shape index (κ2) is 7.63. The molecule has 1 aliphatic heterocycles. The summed E-state index contributed by atoms with van der Waals surface area (Å²) in [6, 6.07) is 2.36. The molecule has 1 aromatic rings. The summed E-state index contributed by atoms with van der Waals surface area (Å²) in [6.45, 7) is 0. The van der Waals surface area contributed by atoms with Gasteiger partial charge in [-0.15, -0.1) is 0 Å². The summed E-state index contributed by atoms with van der Waals surface area (Å²) in [4.78, 5) is 0. The second-order valence-corrected chi connectivity index (χ2v) is 8.68. The molecule has 0 bridgehead atoms. The van der Waals surface area contributed by atoms with Crippen LogP contribution in [0.1, 0.15) is 75.3 Å². The summed E-state index contributed by atoms with van der Waals surface area (Å²) in [5, 5.41) is 0. The molecule has 0 saturated heterocycles. The van der Waals surface area contributed by atoms with Gasteiger partial charge < -0.3 is 4.74 Å². The van der Waals surface area contributed by atoms with Crippen molar-refractivity contribution in [1.29, 1.82) is 0 Å². The average Bonchev–Trinajstić information content (AvgIpc) is 2.67. The van der Waals surface area contributed by atoms with Crippen LogP contribution in [0.4, 0.5) is 17.6 Å². The van der Waals surface area contributed by atoms with Crippen molar-refractivity contribution in [3.63, 3.8) is 0 Å². The van der Waals surface area contributed by atoms with Gasteiger partial charge in [-0.2, -0.15) is 13.2 Å². The van der Waals surface area contributed by atoms with Crippen molar-refractivity contribution in [2.45, 2.75) is 82.9 Å². The number of halogens is 4. The number of aryl methyl sites for hydroxylation is 1. The van der Waals surface area contributed by atoms with E-state index >= 15 is 0 Å². The van der Waals surface area contributed by atoms with Gasteiger partial charge in [0.25, 0.3) is 0 Å². The highest BCUT2D eigenvalue weighted by Gasteiger charge is 2.42. The third-order valence-electron chi connectivity index (χ3n) is 7.10. The first kappa shape index (κ1) is 19.1. The van der Waals surface area contributed by atoms with Crippen LogP contribution in [0.2, 0.25) is 0 Å². The molecule has 0 spiro atoms. The molecule has 0 radical (unpaired) electrons. The van der Waals surface area contributed by atoms with E-state index in [9.17, 15) is 17.6 Å². The predicted octanol–water partition coefficient (Wildman–Crippen LogP) is 6.92. The lowest BCUT2D eigenvalue weighted by Gasteiger charge is -2.40. The zero-order valence-electron chi connectivity index (χ0n) is 15.7. The van der Waals surface area contributed by atoms with E-state index in [1.165, 1.54) is 38.2 Å². The lowest BCUT2D eigenvalue weighted by atomic mass is 9.69. The smallest absolute Gasteiger partial charge is 0.422 e. The summed E-state index contributed by atoms with van der Waals surface area (Å²) in [7, 11) is 0. The van der Waals surface area contributed by atoms with E-state index < -0.39 is 17.6 Å². The van der Waals surface area contributed by atoms with Crippen LogP contribution in [-0.4, -0.2) is 6.10 Å². The van der Waals surface area contributed by atoms with Crippen LogP contribution in [0, 0.1) is 23.6 Å². The zero-order chi connectivity index (χ0) is 19.0. The van der Waals surface area contributed by atoms with Gasteiger partial charge in [-0.3, -0.25) is 0 Å². The van der Waals surface area contributed by atoms with Gasteiger partial charge in [0.15, 0.2) is 0 Å². The van der Waals surface area contributed by atoms with Gasteiger partial charge >= 0.3 is 6.18 Å². The Kier molecular flexibility index (Phi) is 5.39. The lowest BCUT2D eigenvalue weighted by molar-refractivity contribution is -0.142. The normalized spacial score (nSPS) is 29.9. The molecule has 3 aliphatic rings. The van der Waals surface area contributed by atoms with Crippen molar-refractivity contribution >= 4 is 0 Å². The maximum absolute atomic E-state index is 13.9. The number of hydrogen-bond donors (Lipinski definition) is 0. The van der Waals surface area contributed by atoms with E-state index in [2.05, 4.69) is 0 Å². The first-order chi connectivity index (χ1) is 12.9. The van der Waals surface area contributed by atoms with Gasteiger partial charge in [0.2, 0.25) is 0 Å². The molecular weight excluding hydrogens is 356 g/mol. The molecule has 2 aliphatic carbocycles. The average molecular weight is 384 g/mol. The second-order valence-electron chi connectivity index (χ2n) is 8.68. The zero-order valence-corrected chi connectivity index (χ0v) is 15.7. The highest BCUT2D eigenvalue weighted by Crippen LogP contribution is 2.46. The molecular formula is C22H28F4O. The van der Waals surface area contributed by atoms with Crippen molar-refractivity contribution in [2.75, 3.05) is 0 Å². The fourth-order valence-corrected chi connectivity index (χ4v) is 5.63. The number of hydrogen-bond acceptors (Lipinski definition) is 1. The molecule has 0 N–H and O–H groups in total. The Morgan fingerprint density at radius 2 is 1.41 bits per heavy atom. The Bertz CT molecular complexity index is 655. The summed E-state index contributed by atoms with van der Waals surface area (Å²) in [5.41, 5.74) is -0.739. The number of rotatable bonds is 2. The molecule has 27 heavy (non-hydrogen) atoms. The maximum Gasteiger partial charge on any atom is 0.422 e. The van der Waals surface area contributed by atoms with Crippen LogP contribution in [-0.2, 0) is 12.6 Å². The molecule has 1 nitrogen and oxygen atoms in total. The molecule has 1 atom stereocenters. The summed E-state index contributed by atoms with van der Waals surface area (Å²) in [6.07, 6.45) is 7.44. The van der Waals surface area contributed by atoms with Crippen LogP contribution in [0.15, 0.2) is 12.1 Å².